The van der Waals surface area contributed by atoms with Gasteiger partial charge in [-0.3, -0.25) is 0 Å². The Hall–Kier alpha value is -2.08. The van der Waals surface area contributed by atoms with Gasteiger partial charge in [0.05, 0.1) is 12.0 Å². The van der Waals surface area contributed by atoms with Crippen molar-refractivity contribution in [3.8, 4) is 0 Å². The van der Waals surface area contributed by atoms with E-state index < -0.39 is 8.32 Å². The normalized spacial score (nSPS) is 21.8. The molecule has 0 radical (unpaired) electrons. The Morgan fingerprint density at radius 3 is 2.34 bits per heavy atom. The largest absolute Gasteiger partial charge is 0.478 e. The van der Waals surface area contributed by atoms with Gasteiger partial charge in [0.1, 0.15) is 12.6 Å². The van der Waals surface area contributed by atoms with Crippen molar-refractivity contribution in [2.45, 2.75) is 55.9 Å². The van der Waals surface area contributed by atoms with Crippen LogP contribution in [0.1, 0.15) is 32.4 Å². The number of nitrogens with zero attached hydrogens (tertiary/aromatic N) is 1. The third kappa shape index (κ3) is 5.11. The van der Waals surface area contributed by atoms with E-state index in [9.17, 15) is 0 Å². The molecule has 1 unspecified atom stereocenters. The molecule has 0 spiro atoms. The SMILES string of the molecule is CC(C)(C)[Si](C)(C)O[C@@H](c1ccccc1)[C@@H]1COC(C2C=CC=C2Sc2ccccc2)=N1. The number of allylic oxidation sites excluding steroid dienone is 2. The van der Waals surface area contributed by atoms with Gasteiger partial charge < -0.3 is 9.16 Å². The molecule has 5 heteroatoms. The van der Waals surface area contributed by atoms with Gasteiger partial charge in [-0.1, -0.05) is 99.3 Å². The zero-order valence-corrected chi connectivity index (χ0v) is 21.4. The van der Waals surface area contributed by atoms with E-state index in [4.69, 9.17) is 14.2 Å². The lowest BCUT2D eigenvalue weighted by atomic mass is 10.0. The molecule has 32 heavy (non-hydrogen) atoms. The van der Waals surface area contributed by atoms with Gasteiger partial charge in [-0.25, -0.2) is 4.99 Å². The molecule has 168 valence electrons. The number of benzene rings is 2. The van der Waals surface area contributed by atoms with Gasteiger partial charge in [0.2, 0.25) is 0 Å². The highest BCUT2D eigenvalue weighted by molar-refractivity contribution is 8.03. The Morgan fingerprint density at radius 2 is 1.69 bits per heavy atom. The minimum absolute atomic E-state index is 0.0431. The molecule has 2 aliphatic rings. The van der Waals surface area contributed by atoms with Gasteiger partial charge in [0.15, 0.2) is 14.2 Å². The fourth-order valence-electron chi connectivity index (χ4n) is 3.63. The van der Waals surface area contributed by atoms with Crippen molar-refractivity contribution in [2.24, 2.45) is 10.9 Å². The number of thioether (sulfide) groups is 1. The van der Waals surface area contributed by atoms with Crippen LogP contribution in [-0.2, 0) is 9.16 Å². The van der Waals surface area contributed by atoms with Crippen LogP contribution >= 0.6 is 11.8 Å². The van der Waals surface area contributed by atoms with E-state index in [1.54, 1.807) is 11.8 Å². The Balaban J connectivity index is 1.57. The van der Waals surface area contributed by atoms with Gasteiger partial charge >= 0.3 is 0 Å². The first kappa shape index (κ1) is 23.1. The highest BCUT2D eigenvalue weighted by atomic mass is 32.2. The zero-order valence-electron chi connectivity index (χ0n) is 19.6. The lowest BCUT2D eigenvalue weighted by Crippen LogP contribution is -2.44. The first-order chi connectivity index (χ1) is 15.2. The minimum atomic E-state index is -1.99. The Labute approximate surface area is 197 Å². The molecule has 1 heterocycles. The molecule has 1 aliphatic heterocycles. The zero-order chi connectivity index (χ0) is 22.8. The topological polar surface area (TPSA) is 30.8 Å². The van der Waals surface area contributed by atoms with Crippen molar-refractivity contribution in [3.05, 3.63) is 89.4 Å². The molecule has 4 rings (SSSR count). The van der Waals surface area contributed by atoms with Crippen molar-refractivity contribution >= 4 is 26.0 Å². The van der Waals surface area contributed by atoms with Crippen LogP contribution in [0.15, 0.2) is 93.7 Å². The summed E-state index contributed by atoms with van der Waals surface area (Å²) in [5.74, 6) is 0.882. The van der Waals surface area contributed by atoms with Gasteiger partial charge in [0, 0.05) is 9.80 Å². The number of hydrogen-bond acceptors (Lipinski definition) is 4. The average molecular weight is 464 g/mol. The third-order valence-corrected chi connectivity index (χ3v) is 12.1. The minimum Gasteiger partial charge on any atom is -0.478 e. The van der Waals surface area contributed by atoms with Crippen molar-refractivity contribution < 1.29 is 9.16 Å². The van der Waals surface area contributed by atoms with Crippen molar-refractivity contribution in [1.82, 2.24) is 0 Å². The fourth-order valence-corrected chi connectivity index (χ4v) is 5.93. The second-order valence-electron chi connectivity index (χ2n) is 9.90. The first-order valence-corrected chi connectivity index (χ1v) is 15.0. The first-order valence-electron chi connectivity index (χ1n) is 11.3. The van der Waals surface area contributed by atoms with Gasteiger partial charge in [0.25, 0.3) is 0 Å². The van der Waals surface area contributed by atoms with Crippen LogP contribution in [0.2, 0.25) is 18.1 Å². The fraction of sp³-hybridized carbons (Fsp3) is 0.370. The van der Waals surface area contributed by atoms with Crippen LogP contribution in [0.5, 0.6) is 0 Å². The van der Waals surface area contributed by atoms with Crippen molar-refractivity contribution in [1.29, 1.82) is 0 Å². The van der Waals surface area contributed by atoms with Gasteiger partial charge in [-0.05, 0) is 35.8 Å². The molecule has 0 bridgehead atoms. The molecule has 0 saturated carbocycles. The number of rotatable bonds is 7. The van der Waals surface area contributed by atoms with Crippen LogP contribution in [-0.4, -0.2) is 26.9 Å². The molecule has 0 N–H and O–H groups in total. The van der Waals surface area contributed by atoms with Crippen molar-refractivity contribution in [2.75, 3.05) is 6.61 Å². The van der Waals surface area contributed by atoms with Crippen LogP contribution in [0.4, 0.5) is 0 Å². The second kappa shape index (κ2) is 9.42. The second-order valence-corrected chi connectivity index (χ2v) is 15.8. The average Bonchev–Trinajstić information content (AvgIpc) is 3.42. The highest BCUT2D eigenvalue weighted by Gasteiger charge is 2.43. The van der Waals surface area contributed by atoms with E-state index in [2.05, 4.69) is 101 Å². The molecule has 0 fully saturated rings. The molecule has 0 saturated heterocycles. The van der Waals surface area contributed by atoms with E-state index in [-0.39, 0.29) is 23.1 Å². The Morgan fingerprint density at radius 1 is 1.03 bits per heavy atom. The standard InChI is InChI=1S/C27H33NO2SSi/c1-27(2,3)32(4,5)30-25(20-13-8-6-9-14-20)23-19-29-26(28-23)22-17-12-18-24(22)31-21-15-10-7-11-16-21/h6-18,22-23,25H,19H2,1-5H3/t22?,23-,25-/m0/s1. The molecule has 3 nitrogen and oxygen atoms in total. The summed E-state index contributed by atoms with van der Waals surface area (Å²) in [6.45, 7) is 12.0. The highest BCUT2D eigenvalue weighted by Crippen LogP contribution is 2.43. The molecule has 2 aromatic carbocycles. The van der Waals surface area contributed by atoms with E-state index in [0.29, 0.717) is 6.61 Å². The van der Waals surface area contributed by atoms with Gasteiger partial charge in [-0.2, -0.15) is 0 Å². The Kier molecular flexibility index (Phi) is 6.80. The summed E-state index contributed by atoms with van der Waals surface area (Å²) in [5.41, 5.74) is 1.17. The molecule has 0 amide bonds. The quantitative estimate of drug-likeness (QED) is 0.401. The Bertz CT molecular complexity index is 1010. The predicted octanol–water partition coefficient (Wildman–Crippen LogP) is 7.41. The lowest BCUT2D eigenvalue weighted by Gasteiger charge is -2.40. The molecular weight excluding hydrogens is 430 g/mol. The molecule has 0 aromatic heterocycles. The summed E-state index contributed by atoms with van der Waals surface area (Å²) < 4.78 is 13.1. The van der Waals surface area contributed by atoms with Crippen LogP contribution in [0, 0.1) is 5.92 Å². The van der Waals surface area contributed by atoms with E-state index in [1.807, 2.05) is 12.1 Å². The van der Waals surface area contributed by atoms with E-state index in [0.717, 1.165) is 5.90 Å². The molecule has 2 aromatic rings. The predicted molar refractivity (Wildman–Crippen MR) is 138 cm³/mol. The number of ether oxygens (including phenoxy) is 1. The van der Waals surface area contributed by atoms with Crippen LogP contribution in [0.25, 0.3) is 0 Å². The summed E-state index contributed by atoms with van der Waals surface area (Å²) in [6, 6.07) is 20.9. The maximum Gasteiger partial charge on any atom is 0.196 e. The summed E-state index contributed by atoms with van der Waals surface area (Å²) in [4.78, 5) is 7.57. The van der Waals surface area contributed by atoms with Crippen LogP contribution < -0.4 is 0 Å². The summed E-state index contributed by atoms with van der Waals surface area (Å²) >= 11 is 1.78. The summed E-state index contributed by atoms with van der Waals surface area (Å²) in [6.07, 6.45) is 6.35. The lowest BCUT2D eigenvalue weighted by molar-refractivity contribution is 0.136. The number of hydrogen-bond donors (Lipinski definition) is 0. The maximum atomic E-state index is 6.92. The number of aliphatic imine (C=N–C) groups is 1. The van der Waals surface area contributed by atoms with Crippen LogP contribution in [0.3, 0.4) is 0 Å². The van der Waals surface area contributed by atoms with E-state index >= 15 is 0 Å². The summed E-state index contributed by atoms with van der Waals surface area (Å²) in [5, 5.41) is 0.127. The van der Waals surface area contributed by atoms with E-state index in [1.165, 1.54) is 15.4 Å². The smallest absolute Gasteiger partial charge is 0.196 e. The third-order valence-electron chi connectivity index (χ3n) is 6.52. The summed E-state index contributed by atoms with van der Waals surface area (Å²) in [7, 11) is -1.99. The monoisotopic (exact) mass is 463 g/mol. The molecular formula is C27H33NO2SSi. The van der Waals surface area contributed by atoms with Crippen molar-refractivity contribution in [3.63, 3.8) is 0 Å². The molecule has 3 atom stereocenters. The molecule has 1 aliphatic carbocycles. The maximum absolute atomic E-state index is 6.92. The van der Waals surface area contributed by atoms with Gasteiger partial charge in [-0.15, -0.1) is 0 Å².